The van der Waals surface area contributed by atoms with Crippen LogP contribution in [0.1, 0.15) is 38.2 Å². The molecule has 2 aliphatic rings. The van der Waals surface area contributed by atoms with Crippen molar-refractivity contribution in [3.63, 3.8) is 0 Å². The predicted molar refractivity (Wildman–Crippen MR) is 85.1 cm³/mol. The summed E-state index contributed by atoms with van der Waals surface area (Å²) < 4.78 is 0. The molecule has 1 atom stereocenters. The summed E-state index contributed by atoms with van der Waals surface area (Å²) in [4.78, 5) is 16.2. The Balaban J connectivity index is 1.75. The zero-order valence-corrected chi connectivity index (χ0v) is 13.3. The topological polar surface area (TPSA) is 40.5 Å². The van der Waals surface area contributed by atoms with Crippen molar-refractivity contribution >= 4 is 17.7 Å². The standard InChI is InChI=1S/C17H23NO2S/c1-12-11-21-16-5-3-2-4-14(16)10-18(12)17(20)13-6-8-15(19)9-7-13/h2-5,12-13,15,19H,6-11H2,1H3/t12-,13?,15?/m0/s1. The van der Waals surface area contributed by atoms with Gasteiger partial charge in [-0.05, 0) is 44.2 Å². The molecule has 21 heavy (non-hydrogen) atoms. The predicted octanol–water partition coefficient (Wildman–Crippen LogP) is 3.06. The normalized spacial score (nSPS) is 29.6. The molecule has 4 heteroatoms. The van der Waals surface area contributed by atoms with Crippen LogP contribution < -0.4 is 0 Å². The molecule has 1 saturated carbocycles. The Kier molecular flexibility index (Phi) is 4.55. The van der Waals surface area contributed by atoms with Gasteiger partial charge in [-0.2, -0.15) is 0 Å². The lowest BCUT2D eigenvalue weighted by Crippen LogP contribution is -2.43. The molecule has 1 heterocycles. The zero-order chi connectivity index (χ0) is 14.8. The summed E-state index contributed by atoms with van der Waals surface area (Å²) in [6.07, 6.45) is 3.00. The SMILES string of the molecule is C[C@H]1CSc2ccccc2CN1C(=O)C1CCC(O)CC1. The van der Waals surface area contributed by atoms with Crippen LogP contribution in [0.4, 0.5) is 0 Å². The van der Waals surface area contributed by atoms with Crippen molar-refractivity contribution in [3.8, 4) is 0 Å². The van der Waals surface area contributed by atoms with E-state index in [1.165, 1.54) is 10.5 Å². The highest BCUT2D eigenvalue weighted by Crippen LogP contribution is 2.33. The summed E-state index contributed by atoms with van der Waals surface area (Å²) >= 11 is 1.85. The Morgan fingerprint density at radius 3 is 2.71 bits per heavy atom. The van der Waals surface area contributed by atoms with Crippen LogP contribution in [-0.2, 0) is 11.3 Å². The number of thioether (sulfide) groups is 1. The lowest BCUT2D eigenvalue weighted by atomic mass is 9.86. The molecule has 3 nitrogen and oxygen atoms in total. The molecular weight excluding hydrogens is 282 g/mol. The van der Waals surface area contributed by atoms with Crippen LogP contribution >= 0.6 is 11.8 Å². The maximum Gasteiger partial charge on any atom is 0.226 e. The van der Waals surface area contributed by atoms with Crippen molar-refractivity contribution in [2.45, 2.75) is 56.2 Å². The van der Waals surface area contributed by atoms with Gasteiger partial charge in [0.25, 0.3) is 0 Å². The molecule has 1 amide bonds. The minimum absolute atomic E-state index is 0.103. The van der Waals surface area contributed by atoms with Gasteiger partial charge in [-0.15, -0.1) is 11.8 Å². The number of aliphatic hydroxyl groups is 1. The zero-order valence-electron chi connectivity index (χ0n) is 12.5. The molecule has 1 aliphatic carbocycles. The first kappa shape index (κ1) is 14.9. The first-order chi connectivity index (χ1) is 10.1. The summed E-state index contributed by atoms with van der Waals surface area (Å²) in [5.41, 5.74) is 1.26. The van der Waals surface area contributed by atoms with Gasteiger partial charge >= 0.3 is 0 Å². The van der Waals surface area contributed by atoms with Crippen LogP contribution in [0.15, 0.2) is 29.2 Å². The van der Waals surface area contributed by atoms with E-state index in [1.54, 1.807) is 0 Å². The van der Waals surface area contributed by atoms with Crippen LogP contribution in [0.3, 0.4) is 0 Å². The second-order valence-electron chi connectivity index (χ2n) is 6.24. The average molecular weight is 305 g/mol. The number of rotatable bonds is 1. The summed E-state index contributed by atoms with van der Waals surface area (Å²) in [5, 5.41) is 9.62. The third kappa shape index (κ3) is 3.27. The lowest BCUT2D eigenvalue weighted by Gasteiger charge is -2.33. The first-order valence-electron chi connectivity index (χ1n) is 7.84. The van der Waals surface area contributed by atoms with E-state index in [4.69, 9.17) is 0 Å². The fourth-order valence-electron chi connectivity index (χ4n) is 3.27. The molecule has 0 spiro atoms. The van der Waals surface area contributed by atoms with Gasteiger partial charge in [-0.25, -0.2) is 0 Å². The van der Waals surface area contributed by atoms with Crippen molar-refractivity contribution in [2.24, 2.45) is 5.92 Å². The molecule has 1 aliphatic heterocycles. The minimum atomic E-state index is -0.202. The number of nitrogens with zero attached hydrogens (tertiary/aromatic N) is 1. The van der Waals surface area contributed by atoms with E-state index in [0.717, 1.165) is 38.0 Å². The molecule has 1 N–H and O–H groups in total. The number of aliphatic hydroxyl groups excluding tert-OH is 1. The molecule has 0 radical (unpaired) electrons. The molecule has 1 aromatic rings. The van der Waals surface area contributed by atoms with Crippen molar-refractivity contribution in [1.29, 1.82) is 0 Å². The number of amides is 1. The van der Waals surface area contributed by atoms with Gasteiger partial charge in [0, 0.05) is 29.2 Å². The fourth-order valence-corrected chi connectivity index (χ4v) is 4.36. The third-order valence-corrected chi connectivity index (χ3v) is 6.01. The van der Waals surface area contributed by atoms with Crippen LogP contribution in [0.5, 0.6) is 0 Å². The number of hydrogen-bond donors (Lipinski definition) is 1. The van der Waals surface area contributed by atoms with Gasteiger partial charge in [0.15, 0.2) is 0 Å². The van der Waals surface area contributed by atoms with Crippen molar-refractivity contribution < 1.29 is 9.90 Å². The molecular formula is C17H23NO2S. The average Bonchev–Trinajstić information content (AvgIpc) is 2.67. The van der Waals surface area contributed by atoms with E-state index < -0.39 is 0 Å². The van der Waals surface area contributed by atoms with E-state index in [0.29, 0.717) is 0 Å². The molecule has 0 aromatic heterocycles. The maximum atomic E-state index is 12.9. The molecule has 0 unspecified atom stereocenters. The van der Waals surface area contributed by atoms with E-state index >= 15 is 0 Å². The highest BCUT2D eigenvalue weighted by atomic mass is 32.2. The number of carbonyl (C=O) groups excluding carboxylic acids is 1. The van der Waals surface area contributed by atoms with Gasteiger partial charge in [0.1, 0.15) is 0 Å². The van der Waals surface area contributed by atoms with Gasteiger partial charge in [-0.1, -0.05) is 18.2 Å². The summed E-state index contributed by atoms with van der Waals surface area (Å²) in [6.45, 7) is 2.87. The van der Waals surface area contributed by atoms with Crippen molar-refractivity contribution in [1.82, 2.24) is 4.90 Å². The molecule has 1 fully saturated rings. The van der Waals surface area contributed by atoms with E-state index in [1.807, 2.05) is 11.8 Å². The summed E-state index contributed by atoms with van der Waals surface area (Å²) in [5.74, 6) is 1.34. The number of hydrogen-bond acceptors (Lipinski definition) is 3. The van der Waals surface area contributed by atoms with Crippen LogP contribution in [0, 0.1) is 5.92 Å². The maximum absolute atomic E-state index is 12.9. The van der Waals surface area contributed by atoms with Crippen LogP contribution in [0.25, 0.3) is 0 Å². The quantitative estimate of drug-likeness (QED) is 0.867. The van der Waals surface area contributed by atoms with Gasteiger partial charge in [0.2, 0.25) is 5.91 Å². The molecule has 3 rings (SSSR count). The Labute approximate surface area is 130 Å². The number of fused-ring (bicyclic) bond motifs is 1. The first-order valence-corrected chi connectivity index (χ1v) is 8.83. The van der Waals surface area contributed by atoms with Crippen molar-refractivity contribution in [3.05, 3.63) is 29.8 Å². The molecule has 0 bridgehead atoms. The Hall–Kier alpha value is -1.00. The molecule has 0 saturated heterocycles. The van der Waals surface area contributed by atoms with Crippen LogP contribution in [0.2, 0.25) is 0 Å². The highest BCUT2D eigenvalue weighted by Gasteiger charge is 2.32. The van der Waals surface area contributed by atoms with E-state index in [2.05, 4.69) is 36.1 Å². The van der Waals surface area contributed by atoms with E-state index in [9.17, 15) is 9.90 Å². The summed E-state index contributed by atoms with van der Waals surface area (Å²) in [6, 6.07) is 8.66. The number of carbonyl (C=O) groups is 1. The third-order valence-electron chi connectivity index (χ3n) is 4.65. The van der Waals surface area contributed by atoms with Gasteiger partial charge in [-0.3, -0.25) is 4.79 Å². The lowest BCUT2D eigenvalue weighted by molar-refractivity contribution is -0.139. The Bertz CT molecular complexity index is 511. The fraction of sp³-hybridized carbons (Fsp3) is 0.588. The smallest absolute Gasteiger partial charge is 0.226 e. The largest absolute Gasteiger partial charge is 0.393 e. The summed E-state index contributed by atoms with van der Waals surface area (Å²) in [7, 11) is 0. The monoisotopic (exact) mass is 305 g/mol. The molecule has 114 valence electrons. The van der Waals surface area contributed by atoms with Crippen molar-refractivity contribution in [2.75, 3.05) is 5.75 Å². The second-order valence-corrected chi connectivity index (χ2v) is 7.30. The highest BCUT2D eigenvalue weighted by molar-refractivity contribution is 7.99. The second kappa shape index (κ2) is 6.41. The van der Waals surface area contributed by atoms with Gasteiger partial charge < -0.3 is 10.0 Å². The minimum Gasteiger partial charge on any atom is -0.393 e. The van der Waals surface area contributed by atoms with Crippen LogP contribution in [-0.4, -0.2) is 33.8 Å². The van der Waals surface area contributed by atoms with Gasteiger partial charge in [0.05, 0.1) is 6.10 Å². The Morgan fingerprint density at radius 2 is 1.95 bits per heavy atom. The number of benzene rings is 1. The Morgan fingerprint density at radius 1 is 1.24 bits per heavy atom. The van der Waals surface area contributed by atoms with E-state index in [-0.39, 0.29) is 24.0 Å². The molecule has 1 aromatic carbocycles.